The molecular weight excluding hydrogens is 341 g/mol. The zero-order valence-electron chi connectivity index (χ0n) is 14.4. The van der Waals surface area contributed by atoms with Crippen LogP contribution in [0.15, 0.2) is 60.7 Å². The first-order valence-corrected chi connectivity index (χ1v) is 8.49. The number of rotatable bonds is 5. The van der Waals surface area contributed by atoms with Crippen LogP contribution in [0, 0.1) is 5.41 Å². The molecule has 1 heterocycles. The molecule has 0 aromatic heterocycles. The smallest absolute Gasteiger partial charge is 0.344 e. The normalized spacial score (nSPS) is 17.4. The second kappa shape index (κ2) is 7.11. The van der Waals surface area contributed by atoms with Crippen molar-refractivity contribution in [2.24, 2.45) is 5.41 Å². The standard InChI is InChI=1S/C20H21F3N2O/c1-19(12-24-13-19)17(25-18(26)20(21,22)23)16(14-8-4-2-5-9-14)15-10-6-3-7-11-15/h2-11,16-17,24H,12-13H2,1H3,(H,25,26). The molecule has 1 aliphatic heterocycles. The van der Waals surface area contributed by atoms with Crippen LogP contribution in [0.2, 0.25) is 0 Å². The lowest BCUT2D eigenvalue weighted by Crippen LogP contribution is -2.65. The molecule has 0 saturated carbocycles. The lowest BCUT2D eigenvalue weighted by atomic mass is 9.68. The Balaban J connectivity index is 2.06. The molecule has 1 fully saturated rings. The van der Waals surface area contributed by atoms with E-state index in [9.17, 15) is 18.0 Å². The average molecular weight is 362 g/mol. The van der Waals surface area contributed by atoms with E-state index in [0.29, 0.717) is 13.1 Å². The molecule has 2 aromatic carbocycles. The van der Waals surface area contributed by atoms with Gasteiger partial charge in [-0.1, -0.05) is 67.6 Å². The van der Waals surface area contributed by atoms with E-state index in [1.54, 1.807) is 0 Å². The van der Waals surface area contributed by atoms with Gasteiger partial charge in [0.1, 0.15) is 0 Å². The number of halogens is 3. The monoisotopic (exact) mass is 362 g/mol. The number of hydrogen-bond donors (Lipinski definition) is 2. The molecule has 3 rings (SSSR count). The summed E-state index contributed by atoms with van der Waals surface area (Å²) in [6.07, 6.45) is -4.91. The van der Waals surface area contributed by atoms with Crippen LogP contribution in [0.25, 0.3) is 0 Å². The van der Waals surface area contributed by atoms with Crippen LogP contribution in [-0.4, -0.2) is 31.2 Å². The molecule has 1 atom stereocenters. The van der Waals surface area contributed by atoms with Gasteiger partial charge in [-0.05, 0) is 11.1 Å². The van der Waals surface area contributed by atoms with Crippen molar-refractivity contribution >= 4 is 5.91 Å². The van der Waals surface area contributed by atoms with Gasteiger partial charge in [0.05, 0.1) is 0 Å². The molecule has 0 aliphatic carbocycles. The average Bonchev–Trinajstić information content (AvgIpc) is 2.60. The van der Waals surface area contributed by atoms with Gasteiger partial charge in [0.15, 0.2) is 0 Å². The fourth-order valence-corrected chi connectivity index (χ4v) is 3.52. The molecule has 26 heavy (non-hydrogen) atoms. The number of hydrogen-bond acceptors (Lipinski definition) is 2. The maximum atomic E-state index is 13.0. The van der Waals surface area contributed by atoms with E-state index in [-0.39, 0.29) is 5.92 Å². The van der Waals surface area contributed by atoms with Crippen molar-refractivity contribution in [2.45, 2.75) is 25.1 Å². The predicted octanol–water partition coefficient (Wildman–Crippen LogP) is 3.48. The highest BCUT2D eigenvalue weighted by Crippen LogP contribution is 2.39. The van der Waals surface area contributed by atoms with Gasteiger partial charge < -0.3 is 10.6 Å². The lowest BCUT2D eigenvalue weighted by molar-refractivity contribution is -0.175. The van der Waals surface area contributed by atoms with E-state index in [2.05, 4.69) is 10.6 Å². The Bertz CT molecular complexity index is 703. The third-order valence-electron chi connectivity index (χ3n) is 5.00. The Morgan fingerprint density at radius 3 is 1.81 bits per heavy atom. The third kappa shape index (κ3) is 3.75. The molecular formula is C20H21F3N2O. The van der Waals surface area contributed by atoms with Gasteiger partial charge in [-0.2, -0.15) is 13.2 Å². The van der Waals surface area contributed by atoms with Crippen LogP contribution in [0.4, 0.5) is 13.2 Å². The van der Waals surface area contributed by atoms with Crippen LogP contribution < -0.4 is 10.6 Å². The highest BCUT2D eigenvalue weighted by Gasteiger charge is 2.49. The zero-order chi connectivity index (χ0) is 18.8. The van der Waals surface area contributed by atoms with Crippen molar-refractivity contribution in [2.75, 3.05) is 13.1 Å². The summed E-state index contributed by atoms with van der Waals surface area (Å²) in [6.45, 7) is 3.00. The molecule has 1 amide bonds. The Morgan fingerprint density at radius 2 is 1.46 bits per heavy atom. The van der Waals surface area contributed by atoms with E-state index in [1.807, 2.05) is 67.6 Å². The van der Waals surface area contributed by atoms with Crippen LogP contribution in [0.5, 0.6) is 0 Å². The topological polar surface area (TPSA) is 41.1 Å². The Kier molecular flexibility index (Phi) is 5.05. The van der Waals surface area contributed by atoms with E-state index >= 15 is 0 Å². The van der Waals surface area contributed by atoms with Crippen molar-refractivity contribution in [1.29, 1.82) is 0 Å². The SMILES string of the molecule is CC1(C(NC(=O)C(F)(F)F)C(c2ccccc2)c2ccccc2)CNC1. The minimum absolute atomic E-state index is 0.379. The highest BCUT2D eigenvalue weighted by molar-refractivity contribution is 5.82. The molecule has 2 aromatic rings. The van der Waals surface area contributed by atoms with Crippen LogP contribution in [0.3, 0.4) is 0 Å². The Morgan fingerprint density at radius 1 is 1.00 bits per heavy atom. The van der Waals surface area contributed by atoms with E-state index in [0.717, 1.165) is 11.1 Å². The summed E-state index contributed by atoms with van der Waals surface area (Å²) in [4.78, 5) is 11.8. The van der Waals surface area contributed by atoms with Gasteiger partial charge in [-0.25, -0.2) is 0 Å². The van der Waals surface area contributed by atoms with Crippen LogP contribution >= 0.6 is 0 Å². The lowest BCUT2D eigenvalue weighted by Gasteiger charge is -2.49. The molecule has 138 valence electrons. The quantitative estimate of drug-likeness (QED) is 0.855. The number of amides is 1. The zero-order valence-corrected chi connectivity index (χ0v) is 14.4. The first-order chi connectivity index (χ1) is 12.3. The second-order valence-corrected chi connectivity index (χ2v) is 7.01. The van der Waals surface area contributed by atoms with Gasteiger partial charge in [-0.3, -0.25) is 4.79 Å². The number of benzene rings is 2. The fraction of sp³-hybridized carbons (Fsp3) is 0.350. The van der Waals surface area contributed by atoms with Crippen LogP contribution in [-0.2, 0) is 4.79 Å². The van der Waals surface area contributed by atoms with Crippen LogP contribution in [0.1, 0.15) is 24.0 Å². The molecule has 2 N–H and O–H groups in total. The molecule has 1 aliphatic rings. The predicted molar refractivity (Wildman–Crippen MR) is 93.7 cm³/mol. The van der Waals surface area contributed by atoms with Crippen molar-refractivity contribution in [3.63, 3.8) is 0 Å². The molecule has 0 bridgehead atoms. The van der Waals surface area contributed by atoms with E-state index < -0.39 is 23.5 Å². The minimum atomic E-state index is -4.91. The van der Waals surface area contributed by atoms with E-state index in [4.69, 9.17) is 0 Å². The first-order valence-electron chi connectivity index (χ1n) is 8.49. The second-order valence-electron chi connectivity index (χ2n) is 7.01. The number of alkyl halides is 3. The fourth-order valence-electron chi connectivity index (χ4n) is 3.52. The van der Waals surface area contributed by atoms with Gasteiger partial charge in [0.25, 0.3) is 0 Å². The van der Waals surface area contributed by atoms with Crippen molar-refractivity contribution in [3.8, 4) is 0 Å². The summed E-state index contributed by atoms with van der Waals surface area (Å²) in [6, 6.07) is 18.0. The maximum absolute atomic E-state index is 13.0. The Hall–Kier alpha value is -2.34. The molecule has 1 saturated heterocycles. The van der Waals surface area contributed by atoms with Gasteiger partial charge in [-0.15, -0.1) is 0 Å². The highest BCUT2D eigenvalue weighted by atomic mass is 19.4. The summed E-state index contributed by atoms with van der Waals surface area (Å²) in [5.74, 6) is -2.27. The number of carbonyl (C=O) groups is 1. The largest absolute Gasteiger partial charge is 0.471 e. The summed E-state index contributed by atoms with van der Waals surface area (Å²) >= 11 is 0. The van der Waals surface area contributed by atoms with Gasteiger partial charge in [0, 0.05) is 30.5 Å². The first kappa shape index (κ1) is 18.5. The number of carbonyl (C=O) groups excluding carboxylic acids is 1. The molecule has 1 unspecified atom stereocenters. The molecule has 6 heteroatoms. The summed E-state index contributed by atoms with van der Waals surface area (Å²) in [5, 5.41) is 5.41. The minimum Gasteiger partial charge on any atom is -0.344 e. The molecule has 3 nitrogen and oxygen atoms in total. The summed E-state index contributed by atoms with van der Waals surface area (Å²) < 4.78 is 38.9. The summed E-state index contributed by atoms with van der Waals surface area (Å²) in [7, 11) is 0. The van der Waals surface area contributed by atoms with Crippen molar-refractivity contribution < 1.29 is 18.0 Å². The third-order valence-corrected chi connectivity index (χ3v) is 5.00. The summed E-state index contributed by atoms with van der Waals surface area (Å²) in [5.41, 5.74) is 1.27. The molecule has 0 spiro atoms. The van der Waals surface area contributed by atoms with Gasteiger partial charge in [0.2, 0.25) is 0 Å². The van der Waals surface area contributed by atoms with Crippen molar-refractivity contribution in [1.82, 2.24) is 10.6 Å². The molecule has 0 radical (unpaired) electrons. The number of nitrogens with one attached hydrogen (secondary N) is 2. The van der Waals surface area contributed by atoms with Crippen molar-refractivity contribution in [3.05, 3.63) is 71.8 Å². The van der Waals surface area contributed by atoms with E-state index in [1.165, 1.54) is 0 Å². The Labute approximate surface area is 150 Å². The maximum Gasteiger partial charge on any atom is 0.471 e. The van der Waals surface area contributed by atoms with Gasteiger partial charge >= 0.3 is 12.1 Å².